The first-order chi connectivity index (χ1) is 12.9. The Kier molecular flexibility index (Phi) is 7.46. The van der Waals surface area contributed by atoms with Gasteiger partial charge in [-0.2, -0.15) is 0 Å². The fourth-order valence-corrected chi connectivity index (χ4v) is 10.1. The fourth-order valence-electron chi connectivity index (χ4n) is 2.91. The molecule has 0 N–H and O–H groups in total. The predicted octanol–water partition coefficient (Wildman–Crippen LogP) is -0.00708. The molecule has 0 bridgehead atoms. The molecule has 142 valence electrons. The van der Waals surface area contributed by atoms with Gasteiger partial charge in [0, 0.05) is 0 Å². The van der Waals surface area contributed by atoms with Gasteiger partial charge in [0.15, 0.2) is 0 Å². The molecule has 4 rings (SSSR count). The molecular formula is C18H11I6N3-2. The molecule has 0 unspecified atom stereocenters. The van der Waals surface area contributed by atoms with Crippen molar-refractivity contribution in [2.75, 3.05) is 7.36 Å². The van der Waals surface area contributed by atoms with E-state index in [4.69, 9.17) is 15.0 Å². The zero-order valence-corrected chi connectivity index (χ0v) is 27.0. The summed E-state index contributed by atoms with van der Waals surface area (Å²) in [5.74, 6) is 0. The molecule has 1 aromatic carbocycles. The monoisotopic (exact) mass is 1030 g/mol. The molecule has 0 aliphatic rings. The van der Waals surface area contributed by atoms with E-state index in [-0.39, 0.29) is 21.2 Å². The number of rotatable bonds is 3. The minimum absolute atomic E-state index is 0.00556. The molecule has 0 amide bonds. The fraction of sp³-hybridized carbons (Fsp3) is 0.167. The van der Waals surface area contributed by atoms with Crippen molar-refractivity contribution in [2.45, 2.75) is 6.92 Å². The van der Waals surface area contributed by atoms with E-state index in [1.807, 2.05) is 0 Å². The van der Waals surface area contributed by atoms with Crippen molar-refractivity contribution >= 4 is 123 Å². The first-order valence-electron chi connectivity index (χ1n) is 7.68. The summed E-state index contributed by atoms with van der Waals surface area (Å²) in [6.45, 7) is 2.21. The van der Waals surface area contributed by atoms with Gasteiger partial charge < -0.3 is 0 Å². The van der Waals surface area contributed by atoms with E-state index in [1.165, 1.54) is 15.3 Å². The van der Waals surface area contributed by atoms with E-state index in [9.17, 15) is 0 Å². The average Bonchev–Trinajstić information content (AvgIpc) is 2.63. The second-order valence-electron chi connectivity index (χ2n) is 5.81. The van der Waals surface area contributed by atoms with Gasteiger partial charge in [-0.3, -0.25) is 0 Å². The number of benzene rings is 1. The van der Waals surface area contributed by atoms with Crippen LogP contribution in [0, 0.1) is 25.2 Å². The average molecular weight is 1030 g/mol. The topological polar surface area (TPSA) is 38.7 Å². The number of nitrogens with zero attached hydrogens (tertiary/aromatic N) is 3. The Hall–Kier alpha value is 1.83. The number of alkyl halides is 3. The molecule has 3 heterocycles. The maximum atomic E-state index is 5.19. The molecule has 0 atom stereocenters. The van der Waals surface area contributed by atoms with Gasteiger partial charge in [-0.25, -0.2) is 0 Å². The third-order valence-electron chi connectivity index (χ3n) is 4.06. The van der Waals surface area contributed by atoms with Crippen LogP contribution in [0.4, 0.5) is 0 Å². The van der Waals surface area contributed by atoms with Crippen LogP contribution >= 0.6 is 90.4 Å². The molecule has 0 radical (unpaired) electrons. The van der Waals surface area contributed by atoms with E-state index >= 15 is 0 Å². The summed E-state index contributed by atoms with van der Waals surface area (Å²) in [7, 11) is 0. The van der Waals surface area contributed by atoms with Crippen molar-refractivity contribution in [3.05, 3.63) is 42.0 Å². The van der Waals surface area contributed by atoms with Gasteiger partial charge in [0.25, 0.3) is 0 Å². The van der Waals surface area contributed by atoms with Crippen LogP contribution in [-0.2, 0) is 0 Å². The first kappa shape index (κ1) is 22.0. The van der Waals surface area contributed by atoms with Crippen molar-refractivity contribution < 1.29 is 42.4 Å². The SMILES string of the molecule is C[I-]C[I-]c1nc2c(cc1C)c1nc(I)c(I)cc1c1nc(I)c(I)cc12. The summed E-state index contributed by atoms with van der Waals surface area (Å²) in [4.78, 5) is 17.4. The molecule has 4 aromatic rings. The van der Waals surface area contributed by atoms with E-state index in [0.717, 1.165) is 43.7 Å². The predicted molar refractivity (Wildman–Crippen MR) is 137 cm³/mol. The number of pyridine rings is 3. The molecule has 0 fully saturated rings. The number of hydrogen-bond acceptors (Lipinski definition) is 3. The Balaban J connectivity index is 2.23. The van der Waals surface area contributed by atoms with E-state index < -0.39 is 0 Å². The van der Waals surface area contributed by atoms with Crippen LogP contribution in [0.1, 0.15) is 5.56 Å². The van der Waals surface area contributed by atoms with Crippen LogP contribution in [0.5, 0.6) is 0 Å². The quantitative estimate of drug-likeness (QED) is 0.126. The van der Waals surface area contributed by atoms with Gasteiger partial charge in [-0.15, -0.1) is 0 Å². The molecule has 0 saturated heterocycles. The van der Waals surface area contributed by atoms with Gasteiger partial charge in [0.2, 0.25) is 0 Å². The van der Waals surface area contributed by atoms with Crippen molar-refractivity contribution in [1.82, 2.24) is 15.0 Å². The van der Waals surface area contributed by atoms with Crippen molar-refractivity contribution in [3.63, 3.8) is 0 Å². The van der Waals surface area contributed by atoms with Crippen LogP contribution in [0.25, 0.3) is 32.7 Å². The Morgan fingerprint density at radius 2 is 1.26 bits per heavy atom. The molecule has 0 aliphatic carbocycles. The van der Waals surface area contributed by atoms with Crippen LogP contribution in [-0.4, -0.2) is 22.3 Å². The van der Waals surface area contributed by atoms with E-state index in [1.54, 1.807) is 0 Å². The Labute approximate surface area is 232 Å². The van der Waals surface area contributed by atoms with Crippen LogP contribution in [0.2, 0.25) is 0 Å². The van der Waals surface area contributed by atoms with Crippen molar-refractivity contribution in [1.29, 1.82) is 0 Å². The molecule has 0 aliphatic heterocycles. The molecule has 0 spiro atoms. The zero-order chi connectivity index (χ0) is 19.3. The van der Waals surface area contributed by atoms with Crippen molar-refractivity contribution in [3.8, 4) is 0 Å². The van der Waals surface area contributed by atoms with Crippen LogP contribution in [0.15, 0.2) is 18.2 Å². The number of hydrogen-bond donors (Lipinski definition) is 0. The number of fused-ring (bicyclic) bond motifs is 6. The number of aryl methyl sites for hydroxylation is 1. The van der Waals surface area contributed by atoms with E-state index in [2.05, 4.69) is 120 Å². The first-order valence-corrected chi connectivity index (χ1v) is 18.3. The summed E-state index contributed by atoms with van der Waals surface area (Å²) in [5.41, 5.74) is 4.43. The number of aromatic nitrogens is 3. The molecular weight excluding hydrogens is 1020 g/mol. The van der Waals surface area contributed by atoms with Crippen molar-refractivity contribution in [2.24, 2.45) is 0 Å². The van der Waals surface area contributed by atoms with Gasteiger partial charge in [0.05, 0.1) is 0 Å². The summed E-state index contributed by atoms with van der Waals surface area (Å²) >= 11 is 9.70. The molecule has 27 heavy (non-hydrogen) atoms. The number of halogens is 6. The molecule has 3 aromatic heterocycles. The van der Waals surface area contributed by atoms with E-state index in [0.29, 0.717) is 21.2 Å². The second-order valence-corrected chi connectivity index (χ2v) is 17.9. The van der Waals surface area contributed by atoms with Gasteiger partial charge in [0.1, 0.15) is 0 Å². The van der Waals surface area contributed by atoms with Crippen LogP contribution < -0.4 is 42.4 Å². The second kappa shape index (κ2) is 9.13. The third kappa shape index (κ3) is 4.28. The molecule has 3 nitrogen and oxygen atoms in total. The summed E-state index contributed by atoms with van der Waals surface area (Å²) in [5, 5.41) is 3.43. The summed E-state index contributed by atoms with van der Waals surface area (Å²) in [6.07, 6.45) is 0. The molecule has 0 saturated carbocycles. The Morgan fingerprint density at radius 3 is 1.78 bits per heavy atom. The molecule has 9 heteroatoms. The third-order valence-corrected chi connectivity index (χ3v) is 17.9. The summed E-state index contributed by atoms with van der Waals surface area (Å²) < 4.78 is 7.11. The maximum absolute atomic E-state index is 5.19. The zero-order valence-electron chi connectivity index (χ0n) is 14.0. The standard InChI is InChI=1S/C18H11I6N3/c1-7-3-8-13-9(4-11(19)16(21)25-13)14-10(5-12(20)17(22)26-14)15(8)27-18(7)24-6-23-2/h3-5H,6H2,1-2H3/q-2. The van der Waals surface area contributed by atoms with Gasteiger partial charge in [-0.1, -0.05) is 0 Å². The summed E-state index contributed by atoms with van der Waals surface area (Å²) in [6, 6.07) is 6.78. The Bertz CT molecular complexity index is 1190. The van der Waals surface area contributed by atoms with Gasteiger partial charge in [-0.05, 0) is 0 Å². The van der Waals surface area contributed by atoms with Gasteiger partial charge >= 0.3 is 237 Å². The normalized spacial score (nSPS) is 12.1. The van der Waals surface area contributed by atoms with Crippen LogP contribution in [0.3, 0.4) is 0 Å². The minimum atomic E-state index is -0.00556. The Morgan fingerprint density at radius 1 is 0.778 bits per heavy atom.